The van der Waals surface area contributed by atoms with Crippen molar-refractivity contribution in [2.24, 2.45) is 0 Å². The Bertz CT molecular complexity index is 756. The number of fused-ring (bicyclic) bond motifs is 1. The fourth-order valence-electron chi connectivity index (χ4n) is 2.29. The summed E-state index contributed by atoms with van der Waals surface area (Å²) in [5.41, 5.74) is 0.422. The highest BCUT2D eigenvalue weighted by Crippen LogP contribution is 2.31. The lowest BCUT2D eigenvalue weighted by molar-refractivity contribution is -0.157. The molecular formula is C18H15ClO5. The van der Waals surface area contributed by atoms with Gasteiger partial charge in [0.15, 0.2) is 17.6 Å². The Kier molecular flexibility index (Phi) is 4.71. The number of rotatable bonds is 4. The van der Waals surface area contributed by atoms with Gasteiger partial charge in [-0.05, 0) is 43.3 Å². The molecule has 124 valence electrons. The van der Waals surface area contributed by atoms with Crippen LogP contribution in [0.2, 0.25) is 5.02 Å². The fourth-order valence-corrected chi connectivity index (χ4v) is 2.41. The second-order valence-corrected chi connectivity index (χ2v) is 5.75. The van der Waals surface area contributed by atoms with Crippen molar-refractivity contribution in [1.82, 2.24) is 0 Å². The highest BCUT2D eigenvalue weighted by Gasteiger charge is 2.31. The van der Waals surface area contributed by atoms with Gasteiger partial charge in [0.2, 0.25) is 11.9 Å². The largest absolute Gasteiger partial charge is 0.485 e. The van der Waals surface area contributed by atoms with Gasteiger partial charge >= 0.3 is 5.97 Å². The first kappa shape index (κ1) is 16.3. The Hall–Kier alpha value is -2.53. The zero-order valence-corrected chi connectivity index (χ0v) is 13.7. The van der Waals surface area contributed by atoms with E-state index < -0.39 is 18.2 Å². The van der Waals surface area contributed by atoms with Gasteiger partial charge in [-0.1, -0.05) is 23.7 Å². The van der Waals surface area contributed by atoms with Crippen LogP contribution in [-0.2, 0) is 9.53 Å². The topological polar surface area (TPSA) is 61.8 Å². The minimum absolute atomic E-state index is 0.0394. The van der Waals surface area contributed by atoms with E-state index in [-0.39, 0.29) is 12.4 Å². The molecule has 0 spiro atoms. The van der Waals surface area contributed by atoms with Crippen molar-refractivity contribution >= 4 is 23.4 Å². The van der Waals surface area contributed by atoms with Crippen molar-refractivity contribution in [3.63, 3.8) is 0 Å². The van der Waals surface area contributed by atoms with Crippen LogP contribution in [0.3, 0.4) is 0 Å². The average Bonchev–Trinajstić information content (AvgIpc) is 2.61. The number of ether oxygens (including phenoxy) is 3. The molecule has 0 unspecified atom stereocenters. The minimum atomic E-state index is -0.931. The van der Waals surface area contributed by atoms with Crippen LogP contribution in [0.5, 0.6) is 11.5 Å². The molecule has 0 radical (unpaired) electrons. The second-order valence-electron chi connectivity index (χ2n) is 5.31. The maximum Gasteiger partial charge on any atom is 0.351 e. The van der Waals surface area contributed by atoms with Gasteiger partial charge in [-0.15, -0.1) is 0 Å². The standard InChI is InChI=1S/C18H15ClO5/c1-11(17(20)12-6-8-13(19)9-7-12)23-18(21)16-10-22-14-4-2-3-5-15(14)24-16/h2-9,11,16H,10H2,1H3/t11-,16-/m1/s1. The predicted molar refractivity (Wildman–Crippen MR) is 87.7 cm³/mol. The second kappa shape index (κ2) is 6.93. The summed E-state index contributed by atoms with van der Waals surface area (Å²) in [4.78, 5) is 24.5. The summed E-state index contributed by atoms with van der Waals surface area (Å²) < 4.78 is 16.3. The number of carbonyl (C=O) groups is 2. The molecule has 0 bridgehead atoms. The number of hydrogen-bond acceptors (Lipinski definition) is 5. The number of esters is 1. The van der Waals surface area contributed by atoms with E-state index in [1.165, 1.54) is 6.92 Å². The number of para-hydroxylation sites is 2. The monoisotopic (exact) mass is 346 g/mol. The summed E-state index contributed by atoms with van der Waals surface area (Å²) in [6.07, 6.45) is -1.83. The molecule has 0 amide bonds. The van der Waals surface area contributed by atoms with Crippen LogP contribution in [0.15, 0.2) is 48.5 Å². The molecular weight excluding hydrogens is 332 g/mol. The van der Waals surface area contributed by atoms with Gasteiger partial charge in [0.25, 0.3) is 0 Å². The maximum absolute atomic E-state index is 12.3. The lowest BCUT2D eigenvalue weighted by Gasteiger charge is -2.25. The number of carbonyl (C=O) groups excluding carboxylic acids is 2. The molecule has 0 fully saturated rings. The van der Waals surface area contributed by atoms with Gasteiger partial charge in [0, 0.05) is 10.6 Å². The average molecular weight is 347 g/mol. The van der Waals surface area contributed by atoms with E-state index in [1.54, 1.807) is 42.5 Å². The molecule has 0 aliphatic carbocycles. The molecule has 24 heavy (non-hydrogen) atoms. The highest BCUT2D eigenvalue weighted by atomic mass is 35.5. The van der Waals surface area contributed by atoms with Crippen molar-refractivity contribution in [2.75, 3.05) is 6.61 Å². The molecule has 0 saturated carbocycles. The van der Waals surface area contributed by atoms with Gasteiger partial charge in [-0.2, -0.15) is 0 Å². The van der Waals surface area contributed by atoms with Crippen molar-refractivity contribution in [1.29, 1.82) is 0 Å². The van der Waals surface area contributed by atoms with Crippen molar-refractivity contribution < 1.29 is 23.8 Å². The molecule has 2 atom stereocenters. The normalized spacial score (nSPS) is 17.0. The third kappa shape index (κ3) is 3.51. The molecule has 2 aromatic rings. The summed E-state index contributed by atoms with van der Waals surface area (Å²) in [6.45, 7) is 1.56. The van der Waals surface area contributed by atoms with Crippen LogP contribution in [-0.4, -0.2) is 30.6 Å². The first-order valence-corrected chi connectivity index (χ1v) is 7.81. The lowest BCUT2D eigenvalue weighted by atomic mass is 10.1. The first-order chi connectivity index (χ1) is 11.5. The predicted octanol–water partition coefficient (Wildman–Crippen LogP) is 3.29. The van der Waals surface area contributed by atoms with Gasteiger partial charge in [-0.3, -0.25) is 4.79 Å². The molecule has 1 heterocycles. The van der Waals surface area contributed by atoms with Crippen molar-refractivity contribution in [3.8, 4) is 11.5 Å². The van der Waals surface area contributed by atoms with Crippen LogP contribution in [0.1, 0.15) is 17.3 Å². The Labute approximate surface area is 144 Å². The number of Topliss-reactive ketones (excluding diaryl/α,β-unsaturated/α-hetero) is 1. The lowest BCUT2D eigenvalue weighted by Crippen LogP contribution is -2.40. The van der Waals surface area contributed by atoms with E-state index >= 15 is 0 Å². The number of hydrogen-bond donors (Lipinski definition) is 0. The zero-order chi connectivity index (χ0) is 17.1. The summed E-state index contributed by atoms with van der Waals surface area (Å²) in [6, 6.07) is 13.4. The molecule has 3 rings (SSSR count). The summed E-state index contributed by atoms with van der Waals surface area (Å²) in [5.74, 6) is 0.102. The summed E-state index contributed by atoms with van der Waals surface area (Å²) >= 11 is 5.80. The smallest absolute Gasteiger partial charge is 0.351 e. The third-order valence-electron chi connectivity index (χ3n) is 3.56. The van der Waals surface area contributed by atoms with Crippen LogP contribution in [0.4, 0.5) is 0 Å². The number of ketones is 1. The van der Waals surface area contributed by atoms with Gasteiger partial charge in [0.05, 0.1) is 0 Å². The Balaban J connectivity index is 1.62. The fraction of sp³-hybridized carbons (Fsp3) is 0.222. The summed E-state index contributed by atoms with van der Waals surface area (Å²) in [7, 11) is 0. The van der Waals surface area contributed by atoms with Crippen molar-refractivity contribution in [2.45, 2.75) is 19.1 Å². The maximum atomic E-state index is 12.3. The molecule has 0 N–H and O–H groups in total. The van der Waals surface area contributed by atoms with Gasteiger partial charge in [0.1, 0.15) is 6.61 Å². The Morgan fingerprint density at radius 3 is 2.50 bits per heavy atom. The van der Waals surface area contributed by atoms with Gasteiger partial charge in [-0.25, -0.2) is 4.79 Å². The molecule has 5 nitrogen and oxygen atoms in total. The molecule has 0 saturated heterocycles. The minimum Gasteiger partial charge on any atom is -0.485 e. The highest BCUT2D eigenvalue weighted by molar-refractivity contribution is 6.30. The van der Waals surface area contributed by atoms with E-state index in [4.69, 9.17) is 25.8 Å². The zero-order valence-electron chi connectivity index (χ0n) is 12.9. The quantitative estimate of drug-likeness (QED) is 0.628. The molecule has 1 aliphatic rings. The SMILES string of the molecule is C[C@@H](OC(=O)[C@H]1COc2ccccc2O1)C(=O)c1ccc(Cl)cc1. The molecule has 0 aromatic heterocycles. The van der Waals surface area contributed by atoms with Crippen LogP contribution in [0.25, 0.3) is 0 Å². The van der Waals surface area contributed by atoms with Crippen molar-refractivity contribution in [3.05, 3.63) is 59.1 Å². The third-order valence-corrected chi connectivity index (χ3v) is 3.81. The van der Waals surface area contributed by atoms with Crippen LogP contribution >= 0.6 is 11.6 Å². The Morgan fingerprint density at radius 1 is 1.12 bits per heavy atom. The number of benzene rings is 2. The molecule has 2 aromatic carbocycles. The summed E-state index contributed by atoms with van der Waals surface area (Å²) in [5, 5.41) is 0.530. The van der Waals surface area contributed by atoms with E-state index in [2.05, 4.69) is 0 Å². The molecule has 1 aliphatic heterocycles. The first-order valence-electron chi connectivity index (χ1n) is 7.43. The number of halogens is 1. The van der Waals surface area contributed by atoms with Crippen LogP contribution < -0.4 is 9.47 Å². The van der Waals surface area contributed by atoms with Crippen LogP contribution in [0, 0.1) is 0 Å². The van der Waals surface area contributed by atoms with E-state index in [0.29, 0.717) is 22.1 Å². The Morgan fingerprint density at radius 2 is 1.79 bits per heavy atom. The van der Waals surface area contributed by atoms with E-state index in [1.807, 2.05) is 6.07 Å². The van der Waals surface area contributed by atoms with E-state index in [0.717, 1.165) is 0 Å². The molecule has 6 heteroatoms. The van der Waals surface area contributed by atoms with Gasteiger partial charge < -0.3 is 14.2 Å². The van der Waals surface area contributed by atoms with E-state index in [9.17, 15) is 9.59 Å².